The van der Waals surface area contributed by atoms with Gasteiger partial charge in [0.05, 0.1) is 39.9 Å². The van der Waals surface area contributed by atoms with E-state index in [1.807, 2.05) is 24.3 Å². The van der Waals surface area contributed by atoms with Crippen LogP contribution in [0.2, 0.25) is 0 Å². The number of hydrogen-bond donors (Lipinski definition) is 1. The molecular formula is C28H26FNO7. The summed E-state index contributed by atoms with van der Waals surface area (Å²) in [5, 5.41) is 3.52. The molecule has 0 bridgehead atoms. The van der Waals surface area contributed by atoms with Crippen LogP contribution in [0.3, 0.4) is 0 Å². The molecule has 4 atom stereocenters. The first kappa shape index (κ1) is 23.3. The molecule has 3 aromatic carbocycles. The number of methoxy groups -OCH3 is 3. The summed E-state index contributed by atoms with van der Waals surface area (Å²) in [6.07, 6.45) is 0. The number of halogens is 1. The lowest BCUT2D eigenvalue weighted by atomic mass is 9.65. The number of fused-ring (bicyclic) bond motifs is 3. The zero-order valence-electron chi connectivity index (χ0n) is 20.6. The Hall–Kier alpha value is -4.14. The van der Waals surface area contributed by atoms with Crippen LogP contribution >= 0.6 is 0 Å². The van der Waals surface area contributed by atoms with Gasteiger partial charge in [-0.2, -0.15) is 0 Å². The number of esters is 1. The summed E-state index contributed by atoms with van der Waals surface area (Å²) in [5.74, 6) is 1.04. The van der Waals surface area contributed by atoms with E-state index in [-0.39, 0.29) is 43.1 Å². The van der Waals surface area contributed by atoms with E-state index in [0.29, 0.717) is 28.7 Å². The summed E-state index contributed by atoms with van der Waals surface area (Å²) >= 11 is 0. The van der Waals surface area contributed by atoms with E-state index < -0.39 is 5.92 Å². The van der Waals surface area contributed by atoms with E-state index in [4.69, 9.17) is 28.4 Å². The Morgan fingerprint density at radius 1 is 0.865 bits per heavy atom. The molecule has 8 nitrogen and oxygen atoms in total. The van der Waals surface area contributed by atoms with Crippen molar-refractivity contribution in [3.8, 4) is 28.7 Å². The molecule has 2 heterocycles. The Morgan fingerprint density at radius 3 is 2.14 bits per heavy atom. The topological polar surface area (TPSA) is 84.5 Å². The Balaban J connectivity index is 1.54. The third-order valence-electron chi connectivity index (χ3n) is 7.40. The second-order valence-electron chi connectivity index (χ2n) is 9.22. The smallest absolute Gasteiger partial charge is 0.310 e. The lowest BCUT2D eigenvalue weighted by molar-refractivity contribution is -0.141. The van der Waals surface area contributed by atoms with E-state index in [9.17, 15) is 9.18 Å². The van der Waals surface area contributed by atoms with Gasteiger partial charge in [-0.25, -0.2) is 4.39 Å². The predicted octanol–water partition coefficient (Wildman–Crippen LogP) is 4.67. The number of ether oxygens (including phenoxy) is 6. The number of anilines is 1. The molecule has 2 aliphatic heterocycles. The van der Waals surface area contributed by atoms with Crippen LogP contribution in [0.25, 0.3) is 0 Å². The first-order valence-corrected chi connectivity index (χ1v) is 11.9. The minimum Gasteiger partial charge on any atom is -0.493 e. The van der Waals surface area contributed by atoms with Crippen LogP contribution < -0.4 is 29.0 Å². The summed E-state index contributed by atoms with van der Waals surface area (Å²) in [6, 6.07) is 13.5. The molecule has 0 saturated carbocycles. The lowest BCUT2D eigenvalue weighted by Gasteiger charge is -2.40. The maximum atomic E-state index is 13.6. The minimum atomic E-state index is -0.492. The fraction of sp³-hybridized carbons (Fsp3) is 0.321. The van der Waals surface area contributed by atoms with Crippen molar-refractivity contribution in [1.29, 1.82) is 0 Å². The monoisotopic (exact) mass is 507 g/mol. The summed E-state index contributed by atoms with van der Waals surface area (Å²) in [5.41, 5.74) is 3.41. The van der Waals surface area contributed by atoms with E-state index in [2.05, 4.69) is 5.32 Å². The Morgan fingerprint density at radius 2 is 1.51 bits per heavy atom. The molecule has 0 amide bonds. The SMILES string of the molecule is COc1cc([C@@H]2c3cc4c(cc3[C@@H](Nc3ccc(F)cc3)[C@H]3COC(=O)[C@H]23)OCO4)cc(OC)c1OC. The Kier molecular flexibility index (Phi) is 5.70. The predicted molar refractivity (Wildman–Crippen MR) is 131 cm³/mol. The zero-order chi connectivity index (χ0) is 25.7. The van der Waals surface area contributed by atoms with Crippen molar-refractivity contribution in [3.63, 3.8) is 0 Å². The van der Waals surface area contributed by atoms with Crippen molar-refractivity contribution in [2.24, 2.45) is 11.8 Å². The molecule has 3 aromatic rings. The number of hydrogen-bond acceptors (Lipinski definition) is 8. The van der Waals surface area contributed by atoms with E-state index in [1.54, 1.807) is 33.5 Å². The van der Waals surface area contributed by atoms with Crippen molar-refractivity contribution in [2.75, 3.05) is 40.0 Å². The van der Waals surface area contributed by atoms with Crippen LogP contribution in [0.15, 0.2) is 48.5 Å². The first-order chi connectivity index (χ1) is 18.0. The molecule has 1 saturated heterocycles. The molecule has 192 valence electrons. The molecule has 9 heteroatoms. The fourth-order valence-electron chi connectivity index (χ4n) is 5.75. The van der Waals surface area contributed by atoms with Crippen LogP contribution in [0.1, 0.15) is 28.7 Å². The molecule has 1 N–H and O–H groups in total. The molecule has 37 heavy (non-hydrogen) atoms. The molecule has 1 fully saturated rings. The summed E-state index contributed by atoms with van der Waals surface area (Å²) in [6.45, 7) is 0.370. The number of cyclic esters (lactones) is 1. The number of rotatable bonds is 6. The summed E-state index contributed by atoms with van der Waals surface area (Å²) in [7, 11) is 4.67. The van der Waals surface area contributed by atoms with Crippen LogP contribution in [-0.4, -0.2) is 40.7 Å². The molecular weight excluding hydrogens is 481 g/mol. The maximum absolute atomic E-state index is 13.6. The van der Waals surface area contributed by atoms with Crippen LogP contribution in [0.5, 0.6) is 28.7 Å². The van der Waals surface area contributed by atoms with E-state index in [1.165, 1.54) is 12.1 Å². The molecule has 0 radical (unpaired) electrons. The van der Waals surface area contributed by atoms with Crippen LogP contribution in [0.4, 0.5) is 10.1 Å². The molecule has 0 spiro atoms. The van der Waals surface area contributed by atoms with Gasteiger partial charge in [0.2, 0.25) is 12.5 Å². The zero-order valence-corrected chi connectivity index (χ0v) is 20.6. The third kappa shape index (κ3) is 3.77. The van der Waals surface area contributed by atoms with Gasteiger partial charge in [-0.3, -0.25) is 4.79 Å². The molecule has 1 aliphatic carbocycles. The Bertz CT molecular complexity index is 1330. The van der Waals surface area contributed by atoms with Gasteiger partial charge in [-0.15, -0.1) is 0 Å². The number of carbonyl (C=O) groups is 1. The van der Waals surface area contributed by atoms with E-state index >= 15 is 0 Å². The van der Waals surface area contributed by atoms with Crippen molar-refractivity contribution in [1.82, 2.24) is 0 Å². The van der Waals surface area contributed by atoms with Crippen LogP contribution in [0, 0.1) is 17.7 Å². The highest BCUT2D eigenvalue weighted by Crippen LogP contribution is 2.56. The van der Waals surface area contributed by atoms with Gasteiger partial charge in [-0.1, -0.05) is 0 Å². The molecule has 6 rings (SSSR count). The van der Waals surface area contributed by atoms with Gasteiger partial charge in [0.15, 0.2) is 23.0 Å². The van der Waals surface area contributed by atoms with Crippen molar-refractivity contribution in [2.45, 2.75) is 12.0 Å². The highest BCUT2D eigenvalue weighted by molar-refractivity contribution is 5.79. The van der Waals surface area contributed by atoms with E-state index in [0.717, 1.165) is 22.4 Å². The van der Waals surface area contributed by atoms with Gasteiger partial charge in [-0.05, 0) is 65.2 Å². The lowest BCUT2D eigenvalue weighted by Crippen LogP contribution is -2.37. The Labute approximate surface area is 213 Å². The normalized spacial score (nSPS) is 23.1. The number of carbonyl (C=O) groups excluding carboxylic acids is 1. The largest absolute Gasteiger partial charge is 0.493 e. The molecule has 0 aromatic heterocycles. The number of nitrogens with one attached hydrogen (secondary N) is 1. The van der Waals surface area contributed by atoms with Crippen molar-refractivity contribution >= 4 is 11.7 Å². The van der Waals surface area contributed by atoms with Gasteiger partial charge in [0.25, 0.3) is 0 Å². The van der Waals surface area contributed by atoms with Crippen molar-refractivity contribution in [3.05, 3.63) is 71.0 Å². The maximum Gasteiger partial charge on any atom is 0.310 e. The molecule has 3 aliphatic rings. The second kappa shape index (κ2) is 9.06. The standard InChI is InChI=1S/C28H26FNO7/c1-32-22-8-14(9-23(33-2)27(22)34-3)24-17-10-20-21(37-13-36-20)11-18(17)26(19-12-35-28(31)25(19)24)30-16-6-4-15(29)5-7-16/h4-11,19,24-26,30H,12-13H2,1-3H3/t19-,24+,25-,26+/m0/s1. The average Bonchev–Trinajstić information content (AvgIpc) is 3.54. The van der Waals surface area contributed by atoms with Gasteiger partial charge in [0, 0.05) is 17.5 Å². The van der Waals surface area contributed by atoms with Crippen molar-refractivity contribution < 1.29 is 37.6 Å². The second-order valence-corrected chi connectivity index (χ2v) is 9.22. The quantitative estimate of drug-likeness (QED) is 0.482. The number of benzene rings is 3. The third-order valence-corrected chi connectivity index (χ3v) is 7.40. The van der Waals surface area contributed by atoms with Crippen LogP contribution in [-0.2, 0) is 9.53 Å². The summed E-state index contributed by atoms with van der Waals surface area (Å²) < 4.78 is 47.4. The minimum absolute atomic E-state index is 0.123. The van der Waals surface area contributed by atoms with Gasteiger partial charge >= 0.3 is 5.97 Å². The fourth-order valence-corrected chi connectivity index (χ4v) is 5.75. The summed E-state index contributed by atoms with van der Waals surface area (Å²) in [4.78, 5) is 13.3. The molecule has 0 unspecified atom stereocenters. The highest BCUT2D eigenvalue weighted by Gasteiger charge is 2.52. The van der Waals surface area contributed by atoms with Gasteiger partial charge in [0.1, 0.15) is 5.82 Å². The average molecular weight is 508 g/mol. The van der Waals surface area contributed by atoms with Gasteiger partial charge < -0.3 is 33.7 Å². The first-order valence-electron chi connectivity index (χ1n) is 11.9. The highest BCUT2D eigenvalue weighted by atomic mass is 19.1.